The number of rotatable bonds is 7. The molecular weight excluding hydrogens is 521 g/mol. The van der Waals surface area contributed by atoms with Gasteiger partial charge in [-0.25, -0.2) is 13.1 Å². The van der Waals surface area contributed by atoms with Crippen LogP contribution in [-0.4, -0.2) is 70.5 Å². The lowest BCUT2D eigenvalue weighted by Crippen LogP contribution is -2.52. The smallest absolute Gasteiger partial charge is 0.250 e. The molecule has 0 saturated carbocycles. The molecule has 2 N–H and O–H groups in total. The second-order valence-electron chi connectivity index (χ2n) is 6.55. The van der Waals surface area contributed by atoms with Crippen molar-refractivity contribution in [2.75, 3.05) is 46.3 Å². The lowest BCUT2D eigenvalue weighted by molar-refractivity contribution is 0.172. The van der Waals surface area contributed by atoms with E-state index in [0.717, 1.165) is 38.7 Å². The Morgan fingerprint density at radius 1 is 1.07 bits per heavy atom. The largest absolute Gasteiger partial charge is 0.355 e. The maximum atomic E-state index is 12.1. The maximum absolute atomic E-state index is 12.1. The van der Waals surface area contributed by atoms with Crippen LogP contribution in [0.25, 0.3) is 0 Å². The van der Waals surface area contributed by atoms with E-state index in [4.69, 9.17) is 0 Å². The summed E-state index contributed by atoms with van der Waals surface area (Å²) in [6.07, 6.45) is 0. The first kappa shape index (κ1) is 24.1. The van der Waals surface area contributed by atoms with Crippen molar-refractivity contribution in [2.45, 2.75) is 10.8 Å². The Labute approximate surface area is 194 Å². The van der Waals surface area contributed by atoms with Crippen molar-refractivity contribution >= 4 is 51.3 Å². The minimum absolute atomic E-state index is 0. The first-order valence-corrected chi connectivity index (χ1v) is 11.7. The Morgan fingerprint density at radius 2 is 1.79 bits per heavy atom. The third-order valence-corrected chi connectivity index (χ3v) is 7.45. The molecule has 10 heteroatoms. The number of halogens is 1. The van der Waals surface area contributed by atoms with Crippen LogP contribution in [0.2, 0.25) is 0 Å². The molecule has 2 heterocycles. The molecule has 160 valence electrons. The lowest BCUT2D eigenvalue weighted by Gasteiger charge is -2.36. The Morgan fingerprint density at radius 3 is 2.41 bits per heavy atom. The lowest BCUT2D eigenvalue weighted by atomic mass is 10.2. The maximum Gasteiger partial charge on any atom is 0.250 e. The molecule has 0 unspecified atom stereocenters. The van der Waals surface area contributed by atoms with Gasteiger partial charge in [-0.3, -0.25) is 9.89 Å². The molecule has 0 spiro atoms. The highest BCUT2D eigenvalue weighted by Crippen LogP contribution is 2.14. The van der Waals surface area contributed by atoms with Crippen LogP contribution < -0.4 is 10.0 Å². The van der Waals surface area contributed by atoms with Gasteiger partial charge < -0.3 is 10.2 Å². The molecule has 0 aliphatic carbocycles. The number of hydrogen-bond acceptors (Lipinski definition) is 5. The van der Waals surface area contributed by atoms with Gasteiger partial charge in [0.15, 0.2) is 5.96 Å². The SMILES string of the molecule is CN=C(NCCNS(=O)(=O)c1cccs1)N1CCN(Cc2ccccc2)CC1.I. The van der Waals surface area contributed by atoms with E-state index in [1.165, 1.54) is 16.9 Å². The van der Waals surface area contributed by atoms with Crippen LogP contribution in [0.3, 0.4) is 0 Å². The summed E-state index contributed by atoms with van der Waals surface area (Å²) >= 11 is 1.21. The predicted octanol–water partition coefficient (Wildman–Crippen LogP) is 2.04. The van der Waals surface area contributed by atoms with Gasteiger partial charge in [-0.15, -0.1) is 35.3 Å². The summed E-state index contributed by atoms with van der Waals surface area (Å²) in [6, 6.07) is 13.8. The molecule has 29 heavy (non-hydrogen) atoms. The van der Waals surface area contributed by atoms with E-state index in [9.17, 15) is 8.42 Å². The first-order valence-electron chi connectivity index (χ1n) is 9.33. The van der Waals surface area contributed by atoms with Crippen molar-refractivity contribution < 1.29 is 8.42 Å². The van der Waals surface area contributed by atoms with Gasteiger partial charge in [0.1, 0.15) is 4.21 Å². The molecule has 1 saturated heterocycles. The zero-order chi connectivity index (χ0) is 19.8. The fraction of sp³-hybridized carbons (Fsp3) is 0.421. The number of piperazine rings is 1. The number of benzene rings is 1. The summed E-state index contributed by atoms with van der Waals surface area (Å²) in [5.41, 5.74) is 1.33. The number of nitrogens with one attached hydrogen (secondary N) is 2. The topological polar surface area (TPSA) is 77.0 Å². The minimum atomic E-state index is -3.42. The summed E-state index contributed by atoms with van der Waals surface area (Å²) in [5, 5.41) is 5.01. The predicted molar refractivity (Wildman–Crippen MR) is 130 cm³/mol. The van der Waals surface area contributed by atoms with Crippen molar-refractivity contribution in [1.29, 1.82) is 0 Å². The van der Waals surface area contributed by atoms with Crippen LogP contribution in [-0.2, 0) is 16.6 Å². The first-order chi connectivity index (χ1) is 13.6. The van der Waals surface area contributed by atoms with Gasteiger partial charge >= 0.3 is 0 Å². The standard InChI is InChI=1S/C19H27N5O2S2.HI/c1-20-19(21-9-10-22-28(25,26)18-8-5-15-27-18)24-13-11-23(12-14-24)16-17-6-3-2-4-7-17;/h2-8,15,22H,9-14,16H2,1H3,(H,20,21);1H. The van der Waals surface area contributed by atoms with E-state index < -0.39 is 10.0 Å². The van der Waals surface area contributed by atoms with Crippen LogP contribution in [0, 0.1) is 0 Å². The van der Waals surface area contributed by atoms with Crippen molar-refractivity contribution in [3.63, 3.8) is 0 Å². The van der Waals surface area contributed by atoms with Gasteiger partial charge in [0.25, 0.3) is 0 Å². The normalized spacial score (nSPS) is 15.8. The van der Waals surface area contributed by atoms with Crippen molar-refractivity contribution in [1.82, 2.24) is 19.8 Å². The van der Waals surface area contributed by atoms with E-state index in [1.807, 2.05) is 6.07 Å². The van der Waals surface area contributed by atoms with Crippen LogP contribution in [0.1, 0.15) is 5.56 Å². The van der Waals surface area contributed by atoms with Crippen LogP contribution in [0.5, 0.6) is 0 Å². The quantitative estimate of drug-likeness (QED) is 0.239. The Bertz CT molecular complexity index is 852. The zero-order valence-corrected chi connectivity index (χ0v) is 20.4. The molecule has 1 aromatic heterocycles. The van der Waals surface area contributed by atoms with Crippen LogP contribution >= 0.6 is 35.3 Å². The molecule has 1 aliphatic heterocycles. The van der Waals surface area contributed by atoms with Gasteiger partial charge in [0.05, 0.1) is 0 Å². The number of nitrogens with zero attached hydrogens (tertiary/aromatic N) is 3. The zero-order valence-electron chi connectivity index (χ0n) is 16.5. The van der Waals surface area contributed by atoms with E-state index in [-0.39, 0.29) is 24.0 Å². The van der Waals surface area contributed by atoms with Gasteiger partial charge in [-0.1, -0.05) is 36.4 Å². The van der Waals surface area contributed by atoms with Crippen molar-refractivity contribution in [3.8, 4) is 0 Å². The number of sulfonamides is 1. The van der Waals surface area contributed by atoms with E-state index in [0.29, 0.717) is 17.3 Å². The molecule has 1 aromatic carbocycles. The molecule has 0 bridgehead atoms. The van der Waals surface area contributed by atoms with Crippen LogP contribution in [0.15, 0.2) is 57.0 Å². The van der Waals surface area contributed by atoms with Crippen molar-refractivity contribution in [2.24, 2.45) is 4.99 Å². The summed E-state index contributed by atoms with van der Waals surface area (Å²) in [7, 11) is -1.66. The van der Waals surface area contributed by atoms with Gasteiger partial charge in [0, 0.05) is 52.9 Å². The number of hydrogen-bond donors (Lipinski definition) is 2. The molecule has 0 amide bonds. The molecule has 7 nitrogen and oxygen atoms in total. The molecule has 1 fully saturated rings. The monoisotopic (exact) mass is 549 g/mol. The van der Waals surface area contributed by atoms with Gasteiger partial charge in [0.2, 0.25) is 10.0 Å². The summed E-state index contributed by atoms with van der Waals surface area (Å²) < 4.78 is 27.2. The fourth-order valence-corrected chi connectivity index (χ4v) is 5.21. The number of aliphatic imine (C=N–C) groups is 1. The third kappa shape index (κ3) is 7.21. The number of guanidine groups is 1. The third-order valence-electron chi connectivity index (χ3n) is 4.59. The molecular formula is C19H28IN5O2S2. The highest BCUT2D eigenvalue weighted by molar-refractivity contribution is 14.0. The second kappa shape index (κ2) is 11.8. The Balaban J connectivity index is 0.00000300. The van der Waals surface area contributed by atoms with Crippen molar-refractivity contribution in [3.05, 3.63) is 53.4 Å². The van der Waals surface area contributed by atoms with Gasteiger partial charge in [-0.05, 0) is 17.0 Å². The van der Waals surface area contributed by atoms with E-state index in [2.05, 4.69) is 49.1 Å². The average molecular weight is 550 g/mol. The molecule has 3 rings (SSSR count). The highest BCUT2D eigenvalue weighted by Gasteiger charge is 2.20. The van der Waals surface area contributed by atoms with E-state index >= 15 is 0 Å². The minimum Gasteiger partial charge on any atom is -0.355 e. The van der Waals surface area contributed by atoms with E-state index in [1.54, 1.807) is 24.6 Å². The Kier molecular flexibility index (Phi) is 9.83. The summed E-state index contributed by atoms with van der Waals surface area (Å²) in [4.78, 5) is 9.00. The fourth-order valence-electron chi connectivity index (χ4n) is 3.14. The Hall–Kier alpha value is -1.21. The van der Waals surface area contributed by atoms with Gasteiger partial charge in [-0.2, -0.15) is 0 Å². The molecule has 1 aliphatic rings. The second-order valence-corrected chi connectivity index (χ2v) is 9.49. The molecule has 0 radical (unpaired) electrons. The average Bonchev–Trinajstić information content (AvgIpc) is 3.26. The van der Waals surface area contributed by atoms with Crippen LogP contribution in [0.4, 0.5) is 0 Å². The number of thiophene rings is 1. The molecule has 2 aromatic rings. The highest BCUT2D eigenvalue weighted by atomic mass is 127. The summed E-state index contributed by atoms with van der Waals surface area (Å²) in [5.74, 6) is 0.815. The molecule has 0 atom stereocenters. The summed E-state index contributed by atoms with van der Waals surface area (Å²) in [6.45, 7) is 5.50.